The lowest BCUT2D eigenvalue weighted by atomic mass is 10.0. The van der Waals surface area contributed by atoms with E-state index in [1.165, 1.54) is 12.1 Å². The molecule has 106 valence electrons. The summed E-state index contributed by atoms with van der Waals surface area (Å²) >= 11 is 0. The molecule has 0 radical (unpaired) electrons. The molecule has 1 atom stereocenters. The minimum absolute atomic E-state index is 0. The van der Waals surface area contributed by atoms with Crippen LogP contribution in [0.3, 0.4) is 0 Å². The van der Waals surface area contributed by atoms with Crippen molar-refractivity contribution >= 4 is 18.3 Å². The van der Waals surface area contributed by atoms with Crippen molar-refractivity contribution < 1.29 is 13.6 Å². The van der Waals surface area contributed by atoms with Crippen LogP contribution in [0.5, 0.6) is 0 Å². The van der Waals surface area contributed by atoms with Gasteiger partial charge in [-0.05, 0) is 25.5 Å². The molecule has 1 aliphatic heterocycles. The summed E-state index contributed by atoms with van der Waals surface area (Å²) in [4.78, 5) is 11.8. The molecule has 0 saturated carbocycles. The highest BCUT2D eigenvalue weighted by Gasteiger charge is 2.20. The molecule has 1 aromatic carbocycles. The van der Waals surface area contributed by atoms with Gasteiger partial charge in [0.15, 0.2) is 0 Å². The molecule has 0 aliphatic carbocycles. The fourth-order valence-corrected chi connectivity index (χ4v) is 2.05. The third-order valence-corrected chi connectivity index (χ3v) is 3.09. The van der Waals surface area contributed by atoms with E-state index in [4.69, 9.17) is 0 Å². The number of carbonyl (C=O) groups excluding carboxylic acids is 1. The summed E-state index contributed by atoms with van der Waals surface area (Å²) in [7, 11) is 0. The van der Waals surface area contributed by atoms with Gasteiger partial charge in [0.25, 0.3) is 0 Å². The second-order valence-electron chi connectivity index (χ2n) is 4.46. The number of rotatable bonds is 3. The van der Waals surface area contributed by atoms with Crippen molar-refractivity contribution in [2.45, 2.75) is 31.8 Å². The molecule has 1 fully saturated rings. The van der Waals surface area contributed by atoms with E-state index in [0.29, 0.717) is 5.56 Å². The Hall–Kier alpha value is -1.20. The molecular weight excluding hydrogens is 274 g/mol. The van der Waals surface area contributed by atoms with Crippen LogP contribution in [0.25, 0.3) is 0 Å². The van der Waals surface area contributed by atoms with Gasteiger partial charge in [-0.25, -0.2) is 8.78 Å². The number of hydrogen-bond acceptors (Lipinski definition) is 2. The van der Waals surface area contributed by atoms with E-state index >= 15 is 0 Å². The van der Waals surface area contributed by atoms with Gasteiger partial charge in [-0.3, -0.25) is 4.79 Å². The minimum Gasteiger partial charge on any atom is -0.351 e. The van der Waals surface area contributed by atoms with Gasteiger partial charge < -0.3 is 10.6 Å². The van der Waals surface area contributed by atoms with Crippen molar-refractivity contribution in [3.8, 4) is 0 Å². The molecule has 1 aromatic rings. The zero-order chi connectivity index (χ0) is 13.0. The van der Waals surface area contributed by atoms with Gasteiger partial charge in [-0.1, -0.05) is 12.5 Å². The highest BCUT2D eigenvalue weighted by Crippen LogP contribution is 2.10. The van der Waals surface area contributed by atoms with Crippen LogP contribution < -0.4 is 10.6 Å². The normalized spacial score (nSPS) is 18.5. The predicted molar refractivity (Wildman–Crippen MR) is 71.1 cm³/mol. The quantitative estimate of drug-likeness (QED) is 0.895. The number of piperidine rings is 1. The Kier molecular flexibility index (Phi) is 6.18. The third-order valence-electron chi connectivity index (χ3n) is 3.09. The average molecular weight is 291 g/mol. The van der Waals surface area contributed by atoms with E-state index in [1.54, 1.807) is 0 Å². The first-order chi connectivity index (χ1) is 8.66. The number of amides is 1. The Morgan fingerprint density at radius 3 is 2.79 bits per heavy atom. The van der Waals surface area contributed by atoms with Crippen LogP contribution in [-0.2, 0) is 11.3 Å². The maximum atomic E-state index is 13.3. The highest BCUT2D eigenvalue weighted by molar-refractivity contribution is 5.85. The Balaban J connectivity index is 0.00000180. The van der Waals surface area contributed by atoms with Gasteiger partial charge in [0.2, 0.25) is 5.91 Å². The van der Waals surface area contributed by atoms with Gasteiger partial charge >= 0.3 is 0 Å². The highest BCUT2D eigenvalue weighted by atomic mass is 35.5. The molecule has 2 rings (SSSR count). The van der Waals surface area contributed by atoms with Crippen LogP contribution >= 0.6 is 12.4 Å². The van der Waals surface area contributed by atoms with Gasteiger partial charge in [0, 0.05) is 18.2 Å². The fraction of sp³-hybridized carbons (Fsp3) is 0.462. The van der Waals surface area contributed by atoms with E-state index in [1.807, 2.05) is 0 Å². The van der Waals surface area contributed by atoms with E-state index in [2.05, 4.69) is 10.6 Å². The van der Waals surface area contributed by atoms with Crippen LogP contribution in [-0.4, -0.2) is 18.5 Å². The lowest BCUT2D eigenvalue weighted by Crippen LogP contribution is -2.46. The summed E-state index contributed by atoms with van der Waals surface area (Å²) in [6.07, 6.45) is 2.91. The first-order valence-electron chi connectivity index (χ1n) is 6.12. The molecule has 3 nitrogen and oxygen atoms in total. The molecule has 0 spiro atoms. The van der Waals surface area contributed by atoms with E-state index in [0.717, 1.165) is 31.9 Å². The average Bonchev–Trinajstić information content (AvgIpc) is 2.38. The van der Waals surface area contributed by atoms with Crippen LogP contribution in [0.1, 0.15) is 24.8 Å². The second kappa shape index (κ2) is 7.40. The van der Waals surface area contributed by atoms with Gasteiger partial charge in [0.1, 0.15) is 11.6 Å². The molecule has 1 saturated heterocycles. The van der Waals surface area contributed by atoms with Gasteiger partial charge in [-0.15, -0.1) is 12.4 Å². The Labute approximate surface area is 117 Å². The number of hydrogen-bond donors (Lipinski definition) is 2. The summed E-state index contributed by atoms with van der Waals surface area (Å²) < 4.78 is 26.0. The van der Waals surface area contributed by atoms with Crippen LogP contribution in [0.2, 0.25) is 0 Å². The topological polar surface area (TPSA) is 41.1 Å². The van der Waals surface area contributed by atoms with Crippen LogP contribution in [0, 0.1) is 11.6 Å². The van der Waals surface area contributed by atoms with Crippen molar-refractivity contribution in [2.24, 2.45) is 0 Å². The van der Waals surface area contributed by atoms with Crippen molar-refractivity contribution in [2.75, 3.05) is 6.54 Å². The molecular formula is C13H17ClF2N2O. The Morgan fingerprint density at radius 2 is 2.16 bits per heavy atom. The molecule has 2 N–H and O–H groups in total. The van der Waals surface area contributed by atoms with Crippen LogP contribution in [0.15, 0.2) is 18.2 Å². The monoisotopic (exact) mass is 290 g/mol. The second-order valence-corrected chi connectivity index (χ2v) is 4.46. The van der Waals surface area contributed by atoms with Crippen molar-refractivity contribution in [3.63, 3.8) is 0 Å². The predicted octanol–water partition coefficient (Wildman–Crippen LogP) is 2.14. The van der Waals surface area contributed by atoms with Crippen LogP contribution in [0.4, 0.5) is 8.78 Å². The Morgan fingerprint density at radius 1 is 1.37 bits per heavy atom. The maximum absolute atomic E-state index is 13.3. The molecule has 1 amide bonds. The van der Waals surface area contributed by atoms with E-state index in [-0.39, 0.29) is 30.9 Å². The largest absolute Gasteiger partial charge is 0.351 e. The van der Waals surface area contributed by atoms with Crippen molar-refractivity contribution in [3.05, 3.63) is 35.4 Å². The smallest absolute Gasteiger partial charge is 0.237 e. The molecule has 0 unspecified atom stereocenters. The summed E-state index contributed by atoms with van der Waals surface area (Å²) in [5.74, 6) is -1.37. The van der Waals surface area contributed by atoms with Gasteiger partial charge in [0.05, 0.1) is 6.04 Å². The van der Waals surface area contributed by atoms with E-state index < -0.39 is 11.6 Å². The summed E-state index contributed by atoms with van der Waals surface area (Å²) in [6.45, 7) is 0.923. The summed E-state index contributed by atoms with van der Waals surface area (Å²) in [6, 6.07) is 3.16. The molecule has 1 heterocycles. The number of nitrogens with one attached hydrogen (secondary N) is 2. The standard InChI is InChI=1S/C13H16F2N2O.ClH/c14-10-5-4-9(11(15)7-10)8-17-13(18)12-3-1-2-6-16-12;/h4-5,7,12,16H,1-3,6,8H2,(H,17,18);1H/t12-;/m0./s1. The van der Waals surface area contributed by atoms with Gasteiger partial charge in [-0.2, -0.15) is 0 Å². The summed E-state index contributed by atoms with van der Waals surface area (Å²) in [5, 5.41) is 5.78. The van der Waals surface area contributed by atoms with Crippen molar-refractivity contribution in [1.82, 2.24) is 10.6 Å². The number of benzene rings is 1. The SMILES string of the molecule is Cl.O=C(NCc1ccc(F)cc1F)[C@@H]1CCCCN1. The molecule has 1 aliphatic rings. The maximum Gasteiger partial charge on any atom is 0.237 e. The summed E-state index contributed by atoms with van der Waals surface area (Å²) in [5.41, 5.74) is 0.292. The first-order valence-corrected chi connectivity index (χ1v) is 6.12. The number of carbonyl (C=O) groups is 1. The zero-order valence-electron chi connectivity index (χ0n) is 10.4. The van der Waals surface area contributed by atoms with Crippen molar-refractivity contribution in [1.29, 1.82) is 0 Å². The molecule has 0 aromatic heterocycles. The number of halogens is 3. The Bertz CT molecular complexity index is 437. The lowest BCUT2D eigenvalue weighted by Gasteiger charge is -2.22. The molecule has 0 bridgehead atoms. The van der Waals surface area contributed by atoms with E-state index in [9.17, 15) is 13.6 Å². The molecule has 6 heteroatoms. The third kappa shape index (κ3) is 4.44. The first kappa shape index (κ1) is 15.9. The fourth-order valence-electron chi connectivity index (χ4n) is 2.05. The zero-order valence-corrected chi connectivity index (χ0v) is 11.2. The minimum atomic E-state index is -0.632. The lowest BCUT2D eigenvalue weighted by molar-refractivity contribution is -0.123. The molecule has 19 heavy (non-hydrogen) atoms.